The van der Waals surface area contributed by atoms with E-state index >= 15 is 0 Å². The largest absolute Gasteiger partial charge is 0.496 e. The van der Waals surface area contributed by atoms with Crippen LogP contribution in [0.15, 0.2) is 48.5 Å². The van der Waals surface area contributed by atoms with E-state index in [0.29, 0.717) is 12.6 Å². The predicted octanol–water partition coefficient (Wildman–Crippen LogP) is 3.90. The lowest BCUT2D eigenvalue weighted by Crippen LogP contribution is -2.34. The highest BCUT2D eigenvalue weighted by atomic mass is 127. The van der Waals surface area contributed by atoms with E-state index in [1.807, 2.05) is 42.5 Å². The molecule has 0 aliphatic heterocycles. The van der Waals surface area contributed by atoms with E-state index in [0.717, 1.165) is 40.0 Å². The third-order valence-electron chi connectivity index (χ3n) is 4.12. The number of carbonyl (C=O) groups is 1. The number of anilines is 1. The van der Waals surface area contributed by atoms with Gasteiger partial charge < -0.3 is 10.1 Å². The lowest BCUT2D eigenvalue weighted by atomic mass is 10.2. The minimum Gasteiger partial charge on any atom is -0.496 e. The van der Waals surface area contributed by atoms with E-state index in [9.17, 15) is 4.79 Å². The smallest absolute Gasteiger partial charge is 0.238 e. The van der Waals surface area contributed by atoms with Crippen molar-refractivity contribution >= 4 is 34.2 Å². The van der Waals surface area contributed by atoms with E-state index in [2.05, 4.69) is 38.9 Å². The molecule has 0 radical (unpaired) electrons. The summed E-state index contributed by atoms with van der Waals surface area (Å²) in [5.74, 6) is 0.905. The summed E-state index contributed by atoms with van der Waals surface area (Å²) < 4.78 is 6.48. The Kier molecular flexibility index (Phi) is 5.73. The number of para-hydroxylation sites is 2. The Hall–Kier alpha value is -1.60. The molecule has 0 unspecified atom stereocenters. The van der Waals surface area contributed by atoms with Crippen molar-refractivity contribution in [1.82, 2.24) is 4.90 Å². The number of ether oxygens (including phenoxy) is 1. The molecule has 3 rings (SSSR count). The fourth-order valence-corrected chi connectivity index (χ4v) is 3.27. The van der Waals surface area contributed by atoms with Crippen LogP contribution in [0.25, 0.3) is 0 Å². The molecule has 1 fully saturated rings. The van der Waals surface area contributed by atoms with E-state index in [4.69, 9.17) is 4.74 Å². The van der Waals surface area contributed by atoms with Gasteiger partial charge >= 0.3 is 0 Å². The molecule has 126 valence electrons. The molecule has 0 aromatic heterocycles. The van der Waals surface area contributed by atoms with Gasteiger partial charge in [-0.1, -0.05) is 30.3 Å². The van der Waals surface area contributed by atoms with Gasteiger partial charge in [-0.25, -0.2) is 0 Å². The van der Waals surface area contributed by atoms with Crippen LogP contribution in [0.5, 0.6) is 5.75 Å². The molecular weight excluding hydrogens is 415 g/mol. The highest BCUT2D eigenvalue weighted by molar-refractivity contribution is 14.1. The highest BCUT2D eigenvalue weighted by Crippen LogP contribution is 2.30. The molecule has 24 heavy (non-hydrogen) atoms. The van der Waals surface area contributed by atoms with Crippen LogP contribution in [-0.2, 0) is 11.3 Å². The normalized spacial score (nSPS) is 13.8. The summed E-state index contributed by atoms with van der Waals surface area (Å²) in [5, 5.41) is 3.02. The molecule has 1 aliphatic carbocycles. The Labute approximate surface area is 156 Å². The van der Waals surface area contributed by atoms with E-state index < -0.39 is 0 Å². The third-order valence-corrected chi connectivity index (χ3v) is 5.06. The summed E-state index contributed by atoms with van der Waals surface area (Å²) >= 11 is 2.24. The van der Waals surface area contributed by atoms with Gasteiger partial charge in [0.05, 0.1) is 19.3 Å². The molecule has 1 aliphatic rings. The van der Waals surface area contributed by atoms with Gasteiger partial charge in [-0.05, 0) is 53.6 Å². The van der Waals surface area contributed by atoms with Crippen molar-refractivity contribution in [2.75, 3.05) is 19.0 Å². The molecule has 1 saturated carbocycles. The molecular formula is C19H21IN2O2. The van der Waals surface area contributed by atoms with Crippen LogP contribution < -0.4 is 10.1 Å². The Balaban J connectivity index is 1.66. The summed E-state index contributed by atoms with van der Waals surface area (Å²) in [6, 6.07) is 16.3. The minimum absolute atomic E-state index is 0.0286. The van der Waals surface area contributed by atoms with Gasteiger partial charge in [0.1, 0.15) is 5.75 Å². The van der Waals surface area contributed by atoms with Crippen molar-refractivity contribution in [2.45, 2.75) is 25.4 Å². The lowest BCUT2D eigenvalue weighted by molar-refractivity contribution is -0.117. The molecule has 2 aromatic carbocycles. The summed E-state index contributed by atoms with van der Waals surface area (Å²) in [7, 11) is 1.68. The van der Waals surface area contributed by atoms with Crippen molar-refractivity contribution in [3.05, 3.63) is 57.7 Å². The van der Waals surface area contributed by atoms with Crippen molar-refractivity contribution < 1.29 is 9.53 Å². The molecule has 0 spiro atoms. The first-order valence-electron chi connectivity index (χ1n) is 8.07. The number of halogens is 1. The minimum atomic E-state index is 0.0286. The van der Waals surface area contributed by atoms with Gasteiger partial charge in [0.25, 0.3) is 0 Å². The number of hydrogen-bond acceptors (Lipinski definition) is 3. The zero-order valence-electron chi connectivity index (χ0n) is 13.7. The van der Waals surface area contributed by atoms with Gasteiger partial charge in [-0.3, -0.25) is 9.69 Å². The van der Waals surface area contributed by atoms with Crippen LogP contribution >= 0.6 is 22.6 Å². The number of rotatable bonds is 7. The quantitative estimate of drug-likeness (QED) is 0.670. The Morgan fingerprint density at radius 3 is 2.62 bits per heavy atom. The standard InChI is InChI=1S/C19H21IN2O2/c1-24-18-9-5-2-6-14(18)12-22(15-10-11-15)13-19(23)21-17-8-4-3-7-16(17)20/h2-9,15H,10-13H2,1H3,(H,21,23). The van der Waals surface area contributed by atoms with Crippen molar-refractivity contribution in [3.8, 4) is 5.75 Å². The summed E-state index contributed by atoms with van der Waals surface area (Å²) in [4.78, 5) is 14.7. The predicted molar refractivity (Wildman–Crippen MR) is 104 cm³/mol. The maximum atomic E-state index is 12.5. The second kappa shape index (κ2) is 7.98. The topological polar surface area (TPSA) is 41.6 Å². The number of amides is 1. The second-order valence-electron chi connectivity index (χ2n) is 5.98. The van der Waals surface area contributed by atoms with Crippen LogP contribution in [0.2, 0.25) is 0 Å². The van der Waals surface area contributed by atoms with E-state index in [1.165, 1.54) is 0 Å². The zero-order chi connectivity index (χ0) is 16.9. The number of hydrogen-bond donors (Lipinski definition) is 1. The number of nitrogens with zero attached hydrogens (tertiary/aromatic N) is 1. The van der Waals surface area contributed by atoms with E-state index in [-0.39, 0.29) is 5.91 Å². The first kappa shape index (κ1) is 17.2. The average Bonchev–Trinajstić information content (AvgIpc) is 3.42. The van der Waals surface area contributed by atoms with Crippen molar-refractivity contribution in [2.24, 2.45) is 0 Å². The van der Waals surface area contributed by atoms with E-state index in [1.54, 1.807) is 7.11 Å². The van der Waals surface area contributed by atoms with Gasteiger partial charge in [-0.2, -0.15) is 0 Å². The molecule has 1 N–H and O–H groups in total. The first-order valence-corrected chi connectivity index (χ1v) is 9.15. The molecule has 0 bridgehead atoms. The SMILES string of the molecule is COc1ccccc1CN(CC(=O)Nc1ccccc1I)C1CC1. The van der Waals surface area contributed by atoms with Crippen LogP contribution in [0, 0.1) is 3.57 Å². The average molecular weight is 436 g/mol. The third kappa shape index (κ3) is 4.48. The summed E-state index contributed by atoms with van der Waals surface area (Å²) in [6.45, 7) is 1.13. The fourth-order valence-electron chi connectivity index (χ4n) is 2.74. The Bertz CT molecular complexity index is 716. The molecule has 5 heteroatoms. The number of nitrogens with one attached hydrogen (secondary N) is 1. The Morgan fingerprint density at radius 2 is 1.92 bits per heavy atom. The van der Waals surface area contributed by atoms with Crippen LogP contribution in [0.4, 0.5) is 5.69 Å². The maximum Gasteiger partial charge on any atom is 0.238 e. The van der Waals surface area contributed by atoms with Crippen LogP contribution in [-0.4, -0.2) is 30.5 Å². The van der Waals surface area contributed by atoms with Crippen molar-refractivity contribution in [3.63, 3.8) is 0 Å². The maximum absolute atomic E-state index is 12.5. The molecule has 4 nitrogen and oxygen atoms in total. The summed E-state index contributed by atoms with van der Waals surface area (Å²) in [6.07, 6.45) is 2.32. The monoisotopic (exact) mass is 436 g/mol. The van der Waals surface area contributed by atoms with Gasteiger partial charge in [0.2, 0.25) is 5.91 Å². The van der Waals surface area contributed by atoms with Gasteiger partial charge in [0, 0.05) is 21.7 Å². The highest BCUT2D eigenvalue weighted by Gasteiger charge is 2.30. The second-order valence-corrected chi connectivity index (χ2v) is 7.14. The van der Waals surface area contributed by atoms with Gasteiger partial charge in [-0.15, -0.1) is 0 Å². The molecule has 0 saturated heterocycles. The molecule has 0 heterocycles. The first-order chi connectivity index (χ1) is 11.7. The van der Waals surface area contributed by atoms with Crippen molar-refractivity contribution in [1.29, 1.82) is 0 Å². The molecule has 1 amide bonds. The molecule has 2 aromatic rings. The number of benzene rings is 2. The Morgan fingerprint density at radius 1 is 1.21 bits per heavy atom. The fraction of sp³-hybridized carbons (Fsp3) is 0.316. The number of methoxy groups -OCH3 is 1. The van der Waals surface area contributed by atoms with Gasteiger partial charge in [0.15, 0.2) is 0 Å². The van der Waals surface area contributed by atoms with Crippen LogP contribution in [0.3, 0.4) is 0 Å². The summed E-state index contributed by atoms with van der Waals surface area (Å²) in [5.41, 5.74) is 1.99. The molecule has 0 atom stereocenters. The zero-order valence-corrected chi connectivity index (χ0v) is 15.8. The lowest BCUT2D eigenvalue weighted by Gasteiger charge is -2.22. The van der Waals surface area contributed by atoms with Crippen LogP contribution in [0.1, 0.15) is 18.4 Å². The number of carbonyl (C=O) groups excluding carboxylic acids is 1.